The van der Waals surface area contributed by atoms with Gasteiger partial charge in [-0.25, -0.2) is 8.42 Å². The molecule has 1 aliphatic carbocycles. The van der Waals surface area contributed by atoms with Gasteiger partial charge in [0.15, 0.2) is 0 Å². The van der Waals surface area contributed by atoms with Crippen molar-refractivity contribution in [3.63, 3.8) is 0 Å². The monoisotopic (exact) mass is 310 g/mol. The molecule has 116 valence electrons. The molecule has 1 aliphatic heterocycles. The highest BCUT2D eigenvalue weighted by molar-refractivity contribution is 7.89. The van der Waals surface area contributed by atoms with Crippen LogP contribution >= 0.6 is 0 Å². The van der Waals surface area contributed by atoms with Gasteiger partial charge in [-0.05, 0) is 30.9 Å². The molecular weight excluding hydrogens is 288 g/mol. The average molecular weight is 310 g/mol. The summed E-state index contributed by atoms with van der Waals surface area (Å²) in [5.74, 6) is 0. The number of nitrogens with zero attached hydrogens (tertiary/aromatic N) is 1. The number of hydrogen-bond acceptors (Lipinski definition) is 4. The molecule has 3 rings (SSSR count). The Morgan fingerprint density at radius 3 is 2.71 bits per heavy atom. The van der Waals surface area contributed by atoms with Gasteiger partial charge in [0.25, 0.3) is 0 Å². The van der Waals surface area contributed by atoms with Crippen LogP contribution in [0.1, 0.15) is 24.8 Å². The van der Waals surface area contributed by atoms with E-state index in [1.807, 2.05) is 12.1 Å². The third-order valence-corrected chi connectivity index (χ3v) is 6.16. The van der Waals surface area contributed by atoms with Gasteiger partial charge in [0.1, 0.15) is 0 Å². The smallest absolute Gasteiger partial charge is 0.243 e. The number of ether oxygens (including phenoxy) is 1. The van der Waals surface area contributed by atoms with Crippen LogP contribution in [0.5, 0.6) is 0 Å². The lowest BCUT2D eigenvalue weighted by Crippen LogP contribution is -2.31. The van der Waals surface area contributed by atoms with Gasteiger partial charge < -0.3 is 10.1 Å². The fourth-order valence-electron chi connectivity index (χ4n) is 2.69. The number of rotatable bonds is 6. The number of sulfonamides is 1. The topological polar surface area (TPSA) is 58.6 Å². The molecule has 2 aliphatic rings. The zero-order valence-electron chi connectivity index (χ0n) is 12.3. The average Bonchev–Trinajstić information content (AvgIpc) is 3.19. The highest BCUT2D eigenvalue weighted by atomic mass is 32.2. The molecule has 6 heteroatoms. The van der Waals surface area contributed by atoms with E-state index in [0.29, 0.717) is 30.6 Å². The van der Waals surface area contributed by atoms with E-state index >= 15 is 0 Å². The standard InChI is InChI=1S/C15H22N2O3S/c1-20-14-8-9-17(11-14)21(18,19)15-5-3-2-4-12(15)10-16-13-6-7-13/h2-5,13-14,16H,6-11H2,1H3. The zero-order valence-corrected chi connectivity index (χ0v) is 13.1. The number of hydrogen-bond donors (Lipinski definition) is 1. The van der Waals surface area contributed by atoms with Crippen molar-refractivity contribution in [2.24, 2.45) is 0 Å². The molecular formula is C15H22N2O3S. The van der Waals surface area contributed by atoms with Gasteiger partial charge in [0.05, 0.1) is 11.0 Å². The minimum atomic E-state index is -3.43. The fraction of sp³-hybridized carbons (Fsp3) is 0.600. The van der Waals surface area contributed by atoms with Gasteiger partial charge in [-0.3, -0.25) is 0 Å². The molecule has 1 atom stereocenters. The maximum atomic E-state index is 12.8. The molecule has 0 radical (unpaired) electrons. The highest BCUT2D eigenvalue weighted by Crippen LogP contribution is 2.26. The predicted molar refractivity (Wildman–Crippen MR) is 80.5 cm³/mol. The van der Waals surface area contributed by atoms with E-state index in [9.17, 15) is 8.42 Å². The SMILES string of the molecule is COC1CCN(S(=O)(=O)c2ccccc2CNC2CC2)C1. The molecule has 0 aromatic heterocycles. The molecule has 0 spiro atoms. The lowest BCUT2D eigenvalue weighted by Gasteiger charge is -2.19. The Bertz CT molecular complexity index is 599. The number of nitrogens with one attached hydrogen (secondary N) is 1. The molecule has 5 nitrogen and oxygen atoms in total. The van der Waals surface area contributed by atoms with Crippen molar-refractivity contribution in [2.45, 2.75) is 42.8 Å². The van der Waals surface area contributed by atoms with Gasteiger partial charge in [-0.15, -0.1) is 0 Å². The normalized spacial score (nSPS) is 23.6. The first-order chi connectivity index (χ1) is 10.1. The van der Waals surface area contributed by atoms with Gasteiger partial charge >= 0.3 is 0 Å². The van der Waals surface area contributed by atoms with Crippen molar-refractivity contribution in [2.75, 3.05) is 20.2 Å². The van der Waals surface area contributed by atoms with E-state index in [2.05, 4.69) is 5.32 Å². The van der Waals surface area contributed by atoms with E-state index in [-0.39, 0.29) is 6.10 Å². The molecule has 1 heterocycles. The summed E-state index contributed by atoms with van der Waals surface area (Å²) in [7, 11) is -1.79. The van der Waals surface area contributed by atoms with Crippen molar-refractivity contribution in [1.82, 2.24) is 9.62 Å². The van der Waals surface area contributed by atoms with Crippen LogP contribution in [-0.4, -0.2) is 45.1 Å². The summed E-state index contributed by atoms with van der Waals surface area (Å²) in [5, 5.41) is 3.39. The Balaban J connectivity index is 1.80. The van der Waals surface area contributed by atoms with E-state index in [1.165, 1.54) is 17.1 Å². The third-order valence-electron chi connectivity index (χ3n) is 4.19. The Morgan fingerprint density at radius 1 is 1.29 bits per heavy atom. The van der Waals surface area contributed by atoms with Crippen LogP contribution in [0, 0.1) is 0 Å². The van der Waals surface area contributed by atoms with Gasteiger partial charge in [0.2, 0.25) is 10.0 Å². The van der Waals surface area contributed by atoms with Crippen LogP contribution in [-0.2, 0) is 21.3 Å². The molecule has 2 fully saturated rings. The Hall–Kier alpha value is -0.950. The maximum Gasteiger partial charge on any atom is 0.243 e. The third kappa shape index (κ3) is 3.29. The first-order valence-electron chi connectivity index (χ1n) is 7.45. The molecule has 1 N–H and O–H groups in total. The van der Waals surface area contributed by atoms with Crippen molar-refractivity contribution < 1.29 is 13.2 Å². The van der Waals surface area contributed by atoms with Gasteiger partial charge in [-0.1, -0.05) is 18.2 Å². The second-order valence-corrected chi connectivity index (χ2v) is 7.68. The van der Waals surface area contributed by atoms with Crippen LogP contribution in [0.25, 0.3) is 0 Å². The summed E-state index contributed by atoms with van der Waals surface area (Å²) in [6.45, 7) is 1.59. The molecule has 1 saturated heterocycles. The van der Waals surface area contributed by atoms with Crippen LogP contribution in [0.2, 0.25) is 0 Å². The van der Waals surface area contributed by atoms with Crippen LogP contribution in [0.4, 0.5) is 0 Å². The summed E-state index contributed by atoms with van der Waals surface area (Å²) >= 11 is 0. The summed E-state index contributed by atoms with van der Waals surface area (Å²) in [4.78, 5) is 0.426. The van der Waals surface area contributed by atoms with Crippen LogP contribution in [0.15, 0.2) is 29.2 Å². The van der Waals surface area contributed by atoms with Crippen LogP contribution in [0.3, 0.4) is 0 Å². The van der Waals surface area contributed by atoms with Crippen molar-refractivity contribution >= 4 is 10.0 Å². The van der Waals surface area contributed by atoms with E-state index in [1.54, 1.807) is 19.2 Å². The van der Waals surface area contributed by atoms with E-state index in [0.717, 1.165) is 12.0 Å². The lowest BCUT2D eigenvalue weighted by atomic mass is 10.2. The largest absolute Gasteiger partial charge is 0.380 e. The summed E-state index contributed by atoms with van der Waals surface area (Å²) in [5.41, 5.74) is 0.852. The number of benzene rings is 1. The fourth-order valence-corrected chi connectivity index (χ4v) is 4.40. The quantitative estimate of drug-likeness (QED) is 0.861. The number of methoxy groups -OCH3 is 1. The predicted octanol–water partition coefficient (Wildman–Crippen LogP) is 1.35. The maximum absolute atomic E-state index is 12.8. The molecule has 1 aromatic rings. The molecule has 21 heavy (non-hydrogen) atoms. The second-order valence-electron chi connectivity index (χ2n) is 5.77. The summed E-state index contributed by atoms with van der Waals surface area (Å²) < 4.78 is 32.4. The molecule has 1 saturated carbocycles. The van der Waals surface area contributed by atoms with Crippen LogP contribution < -0.4 is 5.32 Å². The minimum Gasteiger partial charge on any atom is -0.380 e. The molecule has 0 bridgehead atoms. The Morgan fingerprint density at radius 2 is 2.05 bits per heavy atom. The molecule has 0 amide bonds. The minimum absolute atomic E-state index is 0.0107. The van der Waals surface area contributed by atoms with E-state index < -0.39 is 10.0 Å². The molecule has 1 unspecified atom stereocenters. The Labute approximate surface area is 126 Å². The van der Waals surface area contributed by atoms with Gasteiger partial charge in [0, 0.05) is 32.8 Å². The van der Waals surface area contributed by atoms with Gasteiger partial charge in [-0.2, -0.15) is 4.31 Å². The molecule has 1 aromatic carbocycles. The van der Waals surface area contributed by atoms with Crippen molar-refractivity contribution in [3.05, 3.63) is 29.8 Å². The second kappa shape index (κ2) is 6.04. The zero-order chi connectivity index (χ0) is 14.9. The van der Waals surface area contributed by atoms with Crippen molar-refractivity contribution in [1.29, 1.82) is 0 Å². The highest BCUT2D eigenvalue weighted by Gasteiger charge is 2.33. The lowest BCUT2D eigenvalue weighted by molar-refractivity contribution is 0.115. The van der Waals surface area contributed by atoms with E-state index in [4.69, 9.17) is 4.74 Å². The summed E-state index contributed by atoms with van der Waals surface area (Å²) in [6.07, 6.45) is 3.15. The Kier molecular flexibility index (Phi) is 4.31. The summed E-state index contributed by atoms with van der Waals surface area (Å²) in [6, 6.07) is 7.85. The first-order valence-corrected chi connectivity index (χ1v) is 8.89. The first kappa shape index (κ1) is 15.0. The van der Waals surface area contributed by atoms with Crippen molar-refractivity contribution in [3.8, 4) is 0 Å².